The van der Waals surface area contributed by atoms with Gasteiger partial charge in [-0.15, -0.1) is 0 Å². The van der Waals surface area contributed by atoms with E-state index in [1.54, 1.807) is 0 Å². The minimum atomic E-state index is -0.379. The predicted octanol–water partition coefficient (Wildman–Crippen LogP) is 2.31. The first-order valence-corrected chi connectivity index (χ1v) is 6.42. The van der Waals surface area contributed by atoms with Crippen LogP contribution in [0.4, 0.5) is 0 Å². The zero-order valence-corrected chi connectivity index (χ0v) is 11.3. The molecule has 0 unspecified atom stereocenters. The summed E-state index contributed by atoms with van der Waals surface area (Å²) in [6, 6.07) is 0. The van der Waals surface area contributed by atoms with E-state index >= 15 is 0 Å². The van der Waals surface area contributed by atoms with Gasteiger partial charge in [-0.3, -0.25) is 4.79 Å². The Morgan fingerprint density at radius 1 is 1.12 bits per heavy atom. The molecule has 1 fully saturated rings. The van der Waals surface area contributed by atoms with Crippen molar-refractivity contribution in [2.24, 2.45) is 5.41 Å². The second-order valence-corrected chi connectivity index (χ2v) is 5.80. The van der Waals surface area contributed by atoms with E-state index in [9.17, 15) is 4.79 Å². The minimum absolute atomic E-state index is 0.00162. The van der Waals surface area contributed by atoms with Crippen LogP contribution < -0.4 is 5.32 Å². The van der Waals surface area contributed by atoms with E-state index in [1.807, 2.05) is 20.8 Å². The molecule has 1 heterocycles. The molecular formula is C12H22N2OS. The molecule has 0 spiro atoms. The Morgan fingerprint density at radius 2 is 1.62 bits per heavy atom. The summed E-state index contributed by atoms with van der Waals surface area (Å²) in [7, 11) is 0. The SMILES string of the molecule is CC(C)(C)C(=O)NC(=S)N1CCCCCC1. The number of likely N-dealkylation sites (tertiary alicyclic amines) is 1. The van der Waals surface area contributed by atoms with Crippen LogP contribution in [0, 0.1) is 5.41 Å². The van der Waals surface area contributed by atoms with Gasteiger partial charge in [-0.1, -0.05) is 33.6 Å². The van der Waals surface area contributed by atoms with Gasteiger partial charge in [0.25, 0.3) is 0 Å². The monoisotopic (exact) mass is 242 g/mol. The molecule has 4 heteroatoms. The van der Waals surface area contributed by atoms with Crippen molar-refractivity contribution in [3.8, 4) is 0 Å². The molecule has 0 atom stereocenters. The fourth-order valence-electron chi connectivity index (χ4n) is 1.64. The third-order valence-electron chi connectivity index (χ3n) is 2.79. The van der Waals surface area contributed by atoms with Crippen molar-refractivity contribution in [2.75, 3.05) is 13.1 Å². The van der Waals surface area contributed by atoms with Crippen LogP contribution >= 0.6 is 12.2 Å². The van der Waals surface area contributed by atoms with Crippen molar-refractivity contribution in [2.45, 2.75) is 46.5 Å². The predicted molar refractivity (Wildman–Crippen MR) is 70.2 cm³/mol. The van der Waals surface area contributed by atoms with Gasteiger partial charge in [-0.2, -0.15) is 0 Å². The second-order valence-electron chi connectivity index (χ2n) is 5.41. The van der Waals surface area contributed by atoms with Gasteiger partial charge < -0.3 is 10.2 Å². The summed E-state index contributed by atoms with van der Waals surface area (Å²) >= 11 is 5.27. The molecule has 3 nitrogen and oxygen atoms in total. The van der Waals surface area contributed by atoms with E-state index in [4.69, 9.17) is 12.2 Å². The van der Waals surface area contributed by atoms with Crippen molar-refractivity contribution >= 4 is 23.2 Å². The number of carbonyl (C=O) groups excluding carboxylic acids is 1. The zero-order valence-electron chi connectivity index (χ0n) is 10.5. The highest BCUT2D eigenvalue weighted by molar-refractivity contribution is 7.80. The minimum Gasteiger partial charge on any atom is -0.349 e. The normalized spacial score (nSPS) is 17.8. The van der Waals surface area contributed by atoms with E-state index in [2.05, 4.69) is 10.2 Å². The lowest BCUT2D eigenvalue weighted by Crippen LogP contribution is -2.46. The lowest BCUT2D eigenvalue weighted by Gasteiger charge is -2.26. The van der Waals surface area contributed by atoms with Crippen LogP contribution in [-0.4, -0.2) is 29.0 Å². The number of thiocarbonyl (C=S) groups is 1. The Balaban J connectivity index is 2.48. The van der Waals surface area contributed by atoms with E-state index in [-0.39, 0.29) is 11.3 Å². The molecular weight excluding hydrogens is 220 g/mol. The first-order valence-electron chi connectivity index (χ1n) is 6.01. The van der Waals surface area contributed by atoms with Gasteiger partial charge in [-0.25, -0.2) is 0 Å². The molecule has 0 aromatic rings. The van der Waals surface area contributed by atoms with E-state index in [1.165, 1.54) is 25.7 Å². The molecule has 1 aliphatic rings. The van der Waals surface area contributed by atoms with Gasteiger partial charge in [-0.05, 0) is 25.1 Å². The number of hydrogen-bond acceptors (Lipinski definition) is 2. The molecule has 0 saturated carbocycles. The molecule has 16 heavy (non-hydrogen) atoms. The Hall–Kier alpha value is -0.640. The lowest BCUT2D eigenvalue weighted by molar-refractivity contribution is -0.127. The summed E-state index contributed by atoms with van der Waals surface area (Å²) < 4.78 is 0. The van der Waals surface area contributed by atoms with Gasteiger partial charge in [0, 0.05) is 18.5 Å². The Morgan fingerprint density at radius 3 is 2.06 bits per heavy atom. The van der Waals surface area contributed by atoms with E-state index < -0.39 is 0 Å². The van der Waals surface area contributed by atoms with Gasteiger partial charge in [0.05, 0.1) is 0 Å². The Bertz CT molecular complexity index is 263. The molecule has 0 aromatic carbocycles. The van der Waals surface area contributed by atoms with Crippen molar-refractivity contribution in [3.05, 3.63) is 0 Å². The summed E-state index contributed by atoms with van der Waals surface area (Å²) in [6.07, 6.45) is 4.88. The molecule has 1 amide bonds. The molecule has 0 aliphatic carbocycles. The molecule has 1 saturated heterocycles. The molecule has 0 aromatic heterocycles. The summed E-state index contributed by atoms with van der Waals surface area (Å²) in [5.41, 5.74) is -0.379. The number of carbonyl (C=O) groups is 1. The van der Waals surface area contributed by atoms with Crippen LogP contribution in [0.15, 0.2) is 0 Å². The third-order valence-corrected chi connectivity index (χ3v) is 3.16. The van der Waals surface area contributed by atoms with Crippen molar-refractivity contribution in [1.29, 1.82) is 0 Å². The van der Waals surface area contributed by atoms with Crippen LogP contribution in [0.1, 0.15) is 46.5 Å². The lowest BCUT2D eigenvalue weighted by atomic mass is 9.96. The van der Waals surface area contributed by atoms with Gasteiger partial charge >= 0.3 is 0 Å². The van der Waals surface area contributed by atoms with E-state index in [0.29, 0.717) is 5.11 Å². The summed E-state index contributed by atoms with van der Waals surface area (Å²) in [6.45, 7) is 7.64. The summed E-state index contributed by atoms with van der Waals surface area (Å²) in [4.78, 5) is 13.9. The molecule has 92 valence electrons. The first-order chi connectivity index (χ1) is 7.41. The van der Waals surface area contributed by atoms with Gasteiger partial charge in [0.2, 0.25) is 5.91 Å². The Labute approximate surface area is 104 Å². The van der Waals surface area contributed by atoms with Crippen LogP contribution in [0.3, 0.4) is 0 Å². The summed E-state index contributed by atoms with van der Waals surface area (Å²) in [5, 5.41) is 3.43. The quantitative estimate of drug-likeness (QED) is 0.662. The molecule has 1 N–H and O–H groups in total. The standard InChI is InChI=1S/C12H22N2OS/c1-12(2,3)10(15)13-11(16)14-8-6-4-5-7-9-14/h4-9H2,1-3H3,(H,13,15,16). The highest BCUT2D eigenvalue weighted by Gasteiger charge is 2.23. The molecule has 1 aliphatic heterocycles. The fraction of sp³-hybridized carbons (Fsp3) is 0.833. The van der Waals surface area contributed by atoms with Gasteiger partial charge in [0.1, 0.15) is 0 Å². The van der Waals surface area contributed by atoms with Crippen molar-refractivity contribution < 1.29 is 4.79 Å². The number of amides is 1. The Kier molecular flexibility index (Phi) is 4.71. The van der Waals surface area contributed by atoms with Crippen LogP contribution in [0.2, 0.25) is 0 Å². The molecule has 0 radical (unpaired) electrons. The maximum atomic E-state index is 11.8. The number of nitrogens with one attached hydrogen (secondary N) is 1. The van der Waals surface area contributed by atoms with Gasteiger partial charge in [0.15, 0.2) is 5.11 Å². The highest BCUT2D eigenvalue weighted by Crippen LogP contribution is 2.14. The average Bonchev–Trinajstić information content (AvgIpc) is 2.43. The zero-order chi connectivity index (χ0) is 12.2. The number of nitrogens with zero attached hydrogens (tertiary/aromatic N) is 1. The number of rotatable bonds is 0. The van der Waals surface area contributed by atoms with Crippen LogP contribution in [-0.2, 0) is 4.79 Å². The van der Waals surface area contributed by atoms with Crippen molar-refractivity contribution in [3.63, 3.8) is 0 Å². The molecule has 0 bridgehead atoms. The maximum Gasteiger partial charge on any atom is 0.231 e. The topological polar surface area (TPSA) is 32.3 Å². The van der Waals surface area contributed by atoms with Crippen LogP contribution in [0.25, 0.3) is 0 Å². The largest absolute Gasteiger partial charge is 0.349 e. The van der Waals surface area contributed by atoms with Crippen LogP contribution in [0.5, 0.6) is 0 Å². The maximum absolute atomic E-state index is 11.8. The van der Waals surface area contributed by atoms with E-state index in [0.717, 1.165) is 13.1 Å². The highest BCUT2D eigenvalue weighted by atomic mass is 32.1. The first kappa shape index (κ1) is 13.4. The molecule has 1 rings (SSSR count). The third kappa shape index (κ3) is 4.08. The van der Waals surface area contributed by atoms with Crippen molar-refractivity contribution in [1.82, 2.24) is 10.2 Å². The second kappa shape index (κ2) is 5.62. The summed E-state index contributed by atoms with van der Waals surface area (Å²) in [5.74, 6) is 0.00162. The average molecular weight is 242 g/mol. The smallest absolute Gasteiger partial charge is 0.231 e. The number of hydrogen-bond donors (Lipinski definition) is 1. The fourth-order valence-corrected chi connectivity index (χ4v) is 1.91.